The summed E-state index contributed by atoms with van der Waals surface area (Å²) >= 11 is 6.13. The molecule has 0 aliphatic rings. The van der Waals surface area contributed by atoms with E-state index in [1.807, 2.05) is 0 Å². The number of hydrogen-bond donors (Lipinski definition) is 1. The van der Waals surface area contributed by atoms with E-state index in [1.54, 1.807) is 72.5 Å². The van der Waals surface area contributed by atoms with Crippen LogP contribution in [0.5, 0.6) is 5.75 Å². The lowest BCUT2D eigenvalue weighted by Crippen LogP contribution is -2.27. The van der Waals surface area contributed by atoms with Crippen LogP contribution in [0.3, 0.4) is 0 Å². The van der Waals surface area contributed by atoms with Crippen molar-refractivity contribution in [2.24, 2.45) is 0 Å². The molecule has 168 valence electrons. The molecule has 10 heteroatoms. The van der Waals surface area contributed by atoms with Gasteiger partial charge in [0.1, 0.15) is 17.2 Å². The van der Waals surface area contributed by atoms with Crippen molar-refractivity contribution < 1.29 is 19.1 Å². The first-order valence-corrected chi connectivity index (χ1v) is 10.2. The Labute approximate surface area is 194 Å². The summed E-state index contributed by atoms with van der Waals surface area (Å²) in [6, 6.07) is 12.0. The highest BCUT2D eigenvalue weighted by molar-refractivity contribution is 6.31. The van der Waals surface area contributed by atoms with Crippen LogP contribution in [0.25, 0.3) is 16.9 Å². The minimum atomic E-state index is -0.603. The summed E-state index contributed by atoms with van der Waals surface area (Å²) in [7, 11) is 4.47. The summed E-state index contributed by atoms with van der Waals surface area (Å²) in [5.41, 5.74) is 3.16. The molecular formula is C23H20ClN5O4. The molecule has 4 rings (SSSR count). The molecule has 1 aromatic carbocycles. The number of anilines is 2. The number of fused-ring (bicyclic) bond motifs is 1. The van der Waals surface area contributed by atoms with E-state index in [0.29, 0.717) is 33.5 Å². The summed E-state index contributed by atoms with van der Waals surface area (Å²) in [4.78, 5) is 34.7. The molecule has 2 amide bonds. The number of amides is 2. The zero-order valence-corrected chi connectivity index (χ0v) is 18.8. The number of pyridine rings is 2. The Bertz CT molecular complexity index is 1340. The molecule has 0 saturated heterocycles. The summed E-state index contributed by atoms with van der Waals surface area (Å²) < 4.78 is 11.7. The summed E-state index contributed by atoms with van der Waals surface area (Å²) in [5.74, 6) is 0.645. The van der Waals surface area contributed by atoms with E-state index < -0.39 is 6.09 Å². The Balaban J connectivity index is 1.66. The number of hydrogen-bond acceptors (Lipinski definition) is 6. The topological polar surface area (TPSA) is 98.1 Å². The fourth-order valence-electron chi connectivity index (χ4n) is 3.32. The van der Waals surface area contributed by atoms with Crippen molar-refractivity contribution in [3.63, 3.8) is 0 Å². The number of nitrogens with one attached hydrogen (secondary N) is 1. The molecular weight excluding hydrogens is 446 g/mol. The van der Waals surface area contributed by atoms with Gasteiger partial charge in [-0.15, -0.1) is 0 Å². The third kappa shape index (κ3) is 4.44. The smallest absolute Gasteiger partial charge is 0.412 e. The average molecular weight is 466 g/mol. The number of aromatic nitrogens is 3. The Morgan fingerprint density at radius 1 is 1.06 bits per heavy atom. The molecule has 33 heavy (non-hydrogen) atoms. The summed E-state index contributed by atoms with van der Waals surface area (Å²) in [6.07, 6.45) is 4.41. The van der Waals surface area contributed by atoms with Gasteiger partial charge in [0.25, 0.3) is 5.91 Å². The third-order valence-corrected chi connectivity index (χ3v) is 5.27. The average Bonchev–Trinajstić information content (AvgIpc) is 3.26. The van der Waals surface area contributed by atoms with Crippen molar-refractivity contribution in [3.8, 4) is 17.0 Å². The predicted octanol–water partition coefficient (Wildman–Crippen LogP) is 4.51. The molecule has 0 unspecified atom stereocenters. The van der Waals surface area contributed by atoms with Crippen LogP contribution in [0.4, 0.5) is 16.3 Å². The molecule has 0 aliphatic heterocycles. The second-order valence-corrected chi connectivity index (χ2v) is 7.45. The molecule has 0 atom stereocenters. The fourth-order valence-corrected chi connectivity index (χ4v) is 3.49. The number of carbonyl (C=O) groups excluding carboxylic acids is 2. The van der Waals surface area contributed by atoms with Gasteiger partial charge in [0.15, 0.2) is 0 Å². The standard InChI is InChI=1S/C23H20ClN5O4/c1-28(17-10-16(24)6-7-19(17)32-2)22(30)15-5-9-21-26-12-18(29(21)13-15)14-4-8-20(25-11-14)27-23(31)33-3/h4-13H,1-3H3,(H,25,27,31). The molecule has 3 aromatic heterocycles. The van der Waals surface area contributed by atoms with E-state index in [-0.39, 0.29) is 5.91 Å². The minimum absolute atomic E-state index is 0.243. The zero-order valence-electron chi connectivity index (χ0n) is 18.1. The van der Waals surface area contributed by atoms with Gasteiger partial charge in [-0.05, 0) is 42.5 Å². The number of nitrogens with zero attached hydrogens (tertiary/aromatic N) is 4. The molecule has 0 bridgehead atoms. The van der Waals surface area contributed by atoms with Crippen molar-refractivity contribution in [2.45, 2.75) is 0 Å². The van der Waals surface area contributed by atoms with Gasteiger partial charge in [0.2, 0.25) is 0 Å². The van der Waals surface area contributed by atoms with Crippen molar-refractivity contribution in [3.05, 3.63) is 71.6 Å². The lowest BCUT2D eigenvalue weighted by Gasteiger charge is -2.20. The summed E-state index contributed by atoms with van der Waals surface area (Å²) in [5, 5.41) is 3.00. The molecule has 1 N–H and O–H groups in total. The molecule has 0 fully saturated rings. The van der Waals surface area contributed by atoms with Crippen LogP contribution in [0.2, 0.25) is 5.02 Å². The van der Waals surface area contributed by atoms with Gasteiger partial charge in [-0.1, -0.05) is 11.6 Å². The van der Waals surface area contributed by atoms with Gasteiger partial charge < -0.3 is 14.4 Å². The van der Waals surface area contributed by atoms with E-state index in [4.69, 9.17) is 16.3 Å². The highest BCUT2D eigenvalue weighted by Gasteiger charge is 2.19. The second kappa shape index (κ2) is 9.17. The van der Waals surface area contributed by atoms with E-state index in [1.165, 1.54) is 19.1 Å². The van der Waals surface area contributed by atoms with Gasteiger partial charge in [0, 0.05) is 30.0 Å². The van der Waals surface area contributed by atoms with Crippen LogP contribution in [-0.4, -0.2) is 47.6 Å². The maximum absolute atomic E-state index is 13.2. The van der Waals surface area contributed by atoms with E-state index >= 15 is 0 Å². The van der Waals surface area contributed by atoms with E-state index in [0.717, 1.165) is 11.3 Å². The Morgan fingerprint density at radius 3 is 2.58 bits per heavy atom. The molecule has 0 aliphatic carbocycles. The molecule has 0 spiro atoms. The predicted molar refractivity (Wildman–Crippen MR) is 125 cm³/mol. The van der Waals surface area contributed by atoms with E-state index in [2.05, 4.69) is 20.0 Å². The molecule has 3 heterocycles. The van der Waals surface area contributed by atoms with Gasteiger partial charge in [-0.2, -0.15) is 0 Å². The second-order valence-electron chi connectivity index (χ2n) is 7.02. The van der Waals surface area contributed by atoms with Crippen LogP contribution < -0.4 is 15.0 Å². The first-order valence-electron chi connectivity index (χ1n) is 9.81. The Kier molecular flexibility index (Phi) is 6.14. The van der Waals surface area contributed by atoms with Gasteiger partial charge in [-0.25, -0.2) is 14.8 Å². The molecule has 4 aromatic rings. The van der Waals surface area contributed by atoms with Crippen LogP contribution in [0.15, 0.2) is 61.1 Å². The number of halogens is 1. The number of carbonyl (C=O) groups is 2. The molecule has 9 nitrogen and oxygen atoms in total. The van der Waals surface area contributed by atoms with Crippen LogP contribution in [0, 0.1) is 0 Å². The molecule has 0 radical (unpaired) electrons. The first kappa shape index (κ1) is 22.1. The number of imidazole rings is 1. The monoisotopic (exact) mass is 465 g/mol. The number of benzene rings is 1. The Hall–Kier alpha value is -4.11. The maximum Gasteiger partial charge on any atom is 0.412 e. The number of ether oxygens (including phenoxy) is 2. The number of rotatable bonds is 5. The van der Waals surface area contributed by atoms with Crippen LogP contribution >= 0.6 is 11.6 Å². The third-order valence-electron chi connectivity index (χ3n) is 5.03. The minimum Gasteiger partial charge on any atom is -0.495 e. The maximum atomic E-state index is 13.2. The van der Waals surface area contributed by atoms with Crippen molar-refractivity contribution in [1.82, 2.24) is 14.4 Å². The lowest BCUT2D eigenvalue weighted by molar-refractivity contribution is 0.0992. The number of methoxy groups -OCH3 is 2. The van der Waals surface area contributed by atoms with Gasteiger partial charge >= 0.3 is 6.09 Å². The fraction of sp³-hybridized carbons (Fsp3) is 0.130. The SMILES string of the molecule is COC(=O)Nc1ccc(-c2cnc3ccc(C(=O)N(C)c4cc(Cl)ccc4OC)cn23)cn1. The van der Waals surface area contributed by atoms with Crippen LogP contribution in [0.1, 0.15) is 10.4 Å². The van der Waals surface area contributed by atoms with Gasteiger partial charge in [-0.3, -0.25) is 14.5 Å². The molecule has 0 saturated carbocycles. The van der Waals surface area contributed by atoms with Crippen molar-refractivity contribution in [2.75, 3.05) is 31.5 Å². The normalized spacial score (nSPS) is 10.7. The summed E-state index contributed by atoms with van der Waals surface area (Å²) in [6.45, 7) is 0. The zero-order chi connectivity index (χ0) is 23.5. The quantitative estimate of drug-likeness (QED) is 0.465. The first-order chi connectivity index (χ1) is 15.9. The highest BCUT2D eigenvalue weighted by atomic mass is 35.5. The highest BCUT2D eigenvalue weighted by Crippen LogP contribution is 2.31. The Morgan fingerprint density at radius 2 is 1.88 bits per heavy atom. The lowest BCUT2D eigenvalue weighted by atomic mass is 10.2. The largest absolute Gasteiger partial charge is 0.495 e. The van der Waals surface area contributed by atoms with Gasteiger partial charge in [0.05, 0.1) is 37.4 Å². The van der Waals surface area contributed by atoms with Crippen molar-refractivity contribution in [1.29, 1.82) is 0 Å². The van der Waals surface area contributed by atoms with Crippen molar-refractivity contribution >= 4 is 40.8 Å². The van der Waals surface area contributed by atoms with Crippen LogP contribution in [-0.2, 0) is 4.74 Å². The van der Waals surface area contributed by atoms with E-state index in [9.17, 15) is 9.59 Å².